The summed E-state index contributed by atoms with van der Waals surface area (Å²) in [7, 11) is 0. The van der Waals surface area contributed by atoms with Crippen LogP contribution in [0.4, 0.5) is 5.82 Å². The predicted molar refractivity (Wildman–Crippen MR) is 94.1 cm³/mol. The average molecular weight is 357 g/mol. The van der Waals surface area contributed by atoms with Gasteiger partial charge in [0.05, 0.1) is 23.7 Å². The molecule has 130 valence electrons. The van der Waals surface area contributed by atoms with Gasteiger partial charge in [-0.3, -0.25) is 9.59 Å². The van der Waals surface area contributed by atoms with Crippen LogP contribution in [0.2, 0.25) is 0 Å². The van der Waals surface area contributed by atoms with Crippen LogP contribution in [0.15, 0.2) is 29.2 Å². The van der Waals surface area contributed by atoms with Crippen LogP contribution in [0, 0.1) is 5.92 Å². The van der Waals surface area contributed by atoms with Gasteiger partial charge in [-0.1, -0.05) is 0 Å². The number of nitrogens with two attached hydrogens (primary N) is 1. The van der Waals surface area contributed by atoms with E-state index in [0.29, 0.717) is 31.0 Å². The topological polar surface area (TPSA) is 92.4 Å². The Morgan fingerprint density at radius 3 is 2.96 bits per heavy atom. The molecule has 2 atom stereocenters. The molecule has 0 aliphatic carbocycles. The summed E-state index contributed by atoms with van der Waals surface area (Å²) in [5, 5.41) is 1.99. The molecule has 3 fully saturated rings. The summed E-state index contributed by atoms with van der Waals surface area (Å²) in [6, 6.07) is 3.45. The molecule has 5 rings (SSSR count). The summed E-state index contributed by atoms with van der Waals surface area (Å²) in [6.45, 7) is 1.89. The SMILES string of the molecule is NC(=O)c1ccnc(N2C[C@@H]3CC[C@H](C2)N(Cc2cscn2)C3=O)c1. The second-order valence-corrected chi connectivity index (χ2v) is 7.26. The number of aromatic nitrogens is 2. The Labute approximate surface area is 149 Å². The highest BCUT2D eigenvalue weighted by Crippen LogP contribution is 2.32. The van der Waals surface area contributed by atoms with Crippen molar-refractivity contribution in [2.24, 2.45) is 11.7 Å². The molecule has 25 heavy (non-hydrogen) atoms. The number of hydrogen-bond acceptors (Lipinski definition) is 6. The van der Waals surface area contributed by atoms with Crippen molar-refractivity contribution in [3.63, 3.8) is 0 Å². The number of carbonyl (C=O) groups excluding carboxylic acids is 2. The van der Waals surface area contributed by atoms with Crippen LogP contribution < -0.4 is 10.6 Å². The highest BCUT2D eigenvalue weighted by molar-refractivity contribution is 7.07. The first-order valence-electron chi connectivity index (χ1n) is 8.30. The standard InChI is InChI=1S/C17H19N5O2S/c18-16(23)11-3-4-19-15(5-11)21-6-12-1-2-14(8-21)22(17(12)24)7-13-9-25-10-20-13/h3-5,9-10,12,14H,1-2,6-8H2,(H2,18,23)/t12-,14+/m0/s1. The lowest BCUT2D eigenvalue weighted by molar-refractivity contribution is -0.140. The number of primary amides is 1. The first kappa shape index (κ1) is 16.0. The molecule has 2 bridgehead atoms. The third-order valence-corrected chi connectivity index (χ3v) is 5.60. The van der Waals surface area contributed by atoms with E-state index in [0.717, 1.165) is 18.5 Å². The number of fused-ring (bicyclic) bond motifs is 4. The number of pyridine rings is 1. The molecule has 3 saturated heterocycles. The highest BCUT2D eigenvalue weighted by atomic mass is 32.1. The predicted octanol–water partition coefficient (Wildman–Crippen LogP) is 1.26. The number of piperidine rings is 1. The van der Waals surface area contributed by atoms with Crippen molar-refractivity contribution in [1.82, 2.24) is 14.9 Å². The third-order valence-electron chi connectivity index (χ3n) is 4.96. The molecule has 0 saturated carbocycles. The van der Waals surface area contributed by atoms with Crippen molar-refractivity contribution < 1.29 is 9.59 Å². The molecule has 0 radical (unpaired) electrons. The van der Waals surface area contributed by atoms with Crippen LogP contribution in [0.5, 0.6) is 0 Å². The smallest absolute Gasteiger partial charge is 0.248 e. The van der Waals surface area contributed by atoms with Crippen molar-refractivity contribution >= 4 is 29.0 Å². The normalized spacial score (nSPS) is 23.0. The fourth-order valence-electron chi connectivity index (χ4n) is 3.67. The van der Waals surface area contributed by atoms with E-state index in [4.69, 9.17) is 5.73 Å². The summed E-state index contributed by atoms with van der Waals surface area (Å²) >= 11 is 1.54. The maximum atomic E-state index is 12.9. The number of thiazole rings is 1. The van der Waals surface area contributed by atoms with Crippen molar-refractivity contribution in [2.75, 3.05) is 18.0 Å². The molecule has 2 amide bonds. The zero-order valence-electron chi connectivity index (χ0n) is 13.7. The lowest BCUT2D eigenvalue weighted by Gasteiger charge is -2.35. The molecule has 3 aliphatic rings. The van der Waals surface area contributed by atoms with E-state index < -0.39 is 5.91 Å². The summed E-state index contributed by atoms with van der Waals surface area (Å²) in [6.07, 6.45) is 3.46. The van der Waals surface area contributed by atoms with Crippen LogP contribution in [0.3, 0.4) is 0 Å². The van der Waals surface area contributed by atoms with Gasteiger partial charge in [0.1, 0.15) is 5.82 Å². The van der Waals surface area contributed by atoms with Crippen molar-refractivity contribution in [3.05, 3.63) is 40.5 Å². The Balaban J connectivity index is 1.59. The fraction of sp³-hybridized carbons (Fsp3) is 0.412. The lowest BCUT2D eigenvalue weighted by atomic mass is 9.94. The van der Waals surface area contributed by atoms with Gasteiger partial charge >= 0.3 is 0 Å². The van der Waals surface area contributed by atoms with E-state index in [1.165, 1.54) is 0 Å². The number of anilines is 1. The van der Waals surface area contributed by atoms with Crippen LogP contribution in [-0.4, -0.2) is 45.8 Å². The van der Waals surface area contributed by atoms with Crippen LogP contribution in [0.1, 0.15) is 28.9 Å². The fourth-order valence-corrected chi connectivity index (χ4v) is 4.22. The Morgan fingerprint density at radius 1 is 1.32 bits per heavy atom. The number of nitrogens with zero attached hydrogens (tertiary/aromatic N) is 4. The summed E-state index contributed by atoms with van der Waals surface area (Å²) < 4.78 is 0. The molecule has 3 aliphatic heterocycles. The summed E-state index contributed by atoms with van der Waals surface area (Å²) in [4.78, 5) is 37.1. The molecule has 2 N–H and O–H groups in total. The monoisotopic (exact) mass is 357 g/mol. The van der Waals surface area contributed by atoms with E-state index >= 15 is 0 Å². The number of amides is 2. The molecular formula is C17H19N5O2S. The van der Waals surface area contributed by atoms with Gasteiger partial charge in [-0.15, -0.1) is 11.3 Å². The van der Waals surface area contributed by atoms with Gasteiger partial charge in [0.25, 0.3) is 0 Å². The third kappa shape index (κ3) is 3.09. The zero-order valence-corrected chi connectivity index (χ0v) is 14.5. The molecule has 8 heteroatoms. The largest absolute Gasteiger partial charge is 0.366 e. The van der Waals surface area contributed by atoms with Crippen LogP contribution >= 0.6 is 11.3 Å². The summed E-state index contributed by atoms with van der Waals surface area (Å²) in [5.74, 6) is 0.383. The Bertz CT molecular complexity index is 794. The Kier molecular flexibility index (Phi) is 4.12. The zero-order chi connectivity index (χ0) is 17.4. The van der Waals surface area contributed by atoms with E-state index in [1.807, 2.05) is 10.3 Å². The Hall–Kier alpha value is -2.48. The highest BCUT2D eigenvalue weighted by Gasteiger charge is 2.41. The lowest BCUT2D eigenvalue weighted by Crippen LogP contribution is -2.47. The van der Waals surface area contributed by atoms with Crippen LogP contribution in [0.25, 0.3) is 0 Å². The van der Waals surface area contributed by atoms with Crippen LogP contribution in [-0.2, 0) is 11.3 Å². The molecule has 0 aromatic carbocycles. The molecule has 0 spiro atoms. The molecule has 0 unspecified atom stereocenters. The van der Waals surface area contributed by atoms with Gasteiger partial charge in [-0.25, -0.2) is 9.97 Å². The van der Waals surface area contributed by atoms with E-state index in [1.54, 1.807) is 35.2 Å². The molecule has 2 aromatic rings. The minimum Gasteiger partial charge on any atom is -0.366 e. The maximum absolute atomic E-state index is 12.9. The first-order valence-corrected chi connectivity index (χ1v) is 9.24. The Morgan fingerprint density at radius 2 is 2.20 bits per heavy atom. The maximum Gasteiger partial charge on any atom is 0.248 e. The minimum absolute atomic E-state index is 0.0450. The quantitative estimate of drug-likeness (QED) is 0.889. The van der Waals surface area contributed by atoms with E-state index in [9.17, 15) is 9.59 Å². The molecule has 5 heterocycles. The minimum atomic E-state index is -0.470. The van der Waals surface area contributed by atoms with Gasteiger partial charge < -0.3 is 15.5 Å². The molecule has 2 aromatic heterocycles. The second-order valence-electron chi connectivity index (χ2n) is 6.55. The number of hydrogen-bond donors (Lipinski definition) is 1. The van der Waals surface area contributed by atoms with Gasteiger partial charge in [0.2, 0.25) is 11.8 Å². The number of carbonyl (C=O) groups is 2. The van der Waals surface area contributed by atoms with Gasteiger partial charge in [0.15, 0.2) is 0 Å². The van der Waals surface area contributed by atoms with Gasteiger partial charge in [-0.2, -0.15) is 0 Å². The van der Waals surface area contributed by atoms with E-state index in [2.05, 4.69) is 14.9 Å². The van der Waals surface area contributed by atoms with Gasteiger partial charge in [0, 0.05) is 36.3 Å². The van der Waals surface area contributed by atoms with Crippen molar-refractivity contribution in [3.8, 4) is 0 Å². The van der Waals surface area contributed by atoms with E-state index in [-0.39, 0.29) is 17.9 Å². The second kappa shape index (κ2) is 6.44. The average Bonchev–Trinajstić information content (AvgIpc) is 2.98. The first-order chi connectivity index (χ1) is 12.1. The summed E-state index contributed by atoms with van der Waals surface area (Å²) in [5.41, 5.74) is 8.54. The molecule has 7 nitrogen and oxygen atoms in total. The molecular weight excluding hydrogens is 338 g/mol. The van der Waals surface area contributed by atoms with Gasteiger partial charge in [-0.05, 0) is 25.0 Å². The number of rotatable bonds is 4. The van der Waals surface area contributed by atoms with Crippen molar-refractivity contribution in [2.45, 2.75) is 25.4 Å². The van der Waals surface area contributed by atoms with Crippen molar-refractivity contribution in [1.29, 1.82) is 0 Å².